The first-order valence-electron chi connectivity index (χ1n) is 7.51. The third kappa shape index (κ3) is 3.17. The number of carbonyl (C=O) groups is 1. The smallest absolute Gasteiger partial charge is 0.274 e. The number of aromatic nitrogens is 2. The molecule has 1 aromatic heterocycles. The number of hydrogen-bond acceptors (Lipinski definition) is 4. The summed E-state index contributed by atoms with van der Waals surface area (Å²) < 4.78 is 39.9. The highest BCUT2D eigenvalue weighted by atomic mass is 19.2. The number of carbonyl (C=O) groups excluding carboxylic acids is 1. The zero-order valence-electron chi connectivity index (χ0n) is 12.9. The third-order valence-corrected chi connectivity index (χ3v) is 3.75. The lowest BCUT2D eigenvalue weighted by Crippen LogP contribution is -2.23. The zero-order valence-corrected chi connectivity index (χ0v) is 12.9. The summed E-state index contributed by atoms with van der Waals surface area (Å²) >= 11 is 0. The Morgan fingerprint density at radius 2 is 1.83 bits per heavy atom. The average Bonchev–Trinajstić information content (AvgIpc) is 3.09. The van der Waals surface area contributed by atoms with Crippen molar-refractivity contribution in [3.8, 4) is 0 Å². The summed E-state index contributed by atoms with van der Waals surface area (Å²) in [7, 11) is 0. The molecule has 8 heteroatoms. The number of nitrogens with zero attached hydrogens (tertiary/aromatic N) is 3. The molecule has 3 rings (SSSR count). The van der Waals surface area contributed by atoms with Crippen LogP contribution in [0.1, 0.15) is 29.0 Å². The SMILES string of the molecule is Cc1cc(C(=O)Nc2ccc(F)c(F)c2F)nc(N2CCCC2)n1. The second kappa shape index (κ2) is 6.46. The van der Waals surface area contributed by atoms with Crippen LogP contribution in [-0.4, -0.2) is 29.0 Å². The minimum Gasteiger partial charge on any atom is -0.341 e. The lowest BCUT2D eigenvalue weighted by Gasteiger charge is -2.16. The molecule has 1 fully saturated rings. The van der Waals surface area contributed by atoms with Gasteiger partial charge in [0.05, 0.1) is 5.69 Å². The quantitative estimate of drug-likeness (QED) is 0.875. The van der Waals surface area contributed by atoms with Gasteiger partial charge < -0.3 is 10.2 Å². The molecule has 24 heavy (non-hydrogen) atoms. The summed E-state index contributed by atoms with van der Waals surface area (Å²) in [6.07, 6.45) is 2.05. The van der Waals surface area contributed by atoms with Crippen molar-refractivity contribution in [1.29, 1.82) is 0 Å². The first-order chi connectivity index (χ1) is 11.5. The molecular formula is C16H15F3N4O. The Morgan fingerprint density at radius 1 is 1.12 bits per heavy atom. The molecule has 0 bridgehead atoms. The van der Waals surface area contributed by atoms with Crippen molar-refractivity contribution in [1.82, 2.24) is 9.97 Å². The summed E-state index contributed by atoms with van der Waals surface area (Å²) in [5, 5.41) is 2.21. The number of nitrogens with one attached hydrogen (secondary N) is 1. The van der Waals surface area contributed by atoms with Crippen molar-refractivity contribution in [3.63, 3.8) is 0 Å². The zero-order chi connectivity index (χ0) is 17.3. The second-order valence-corrected chi connectivity index (χ2v) is 5.57. The van der Waals surface area contributed by atoms with Crippen molar-refractivity contribution in [3.05, 3.63) is 47.0 Å². The van der Waals surface area contributed by atoms with Crippen LogP contribution in [-0.2, 0) is 0 Å². The van der Waals surface area contributed by atoms with Gasteiger partial charge in [-0.1, -0.05) is 0 Å². The summed E-state index contributed by atoms with van der Waals surface area (Å²) in [6, 6.07) is 3.16. The van der Waals surface area contributed by atoms with E-state index < -0.39 is 29.0 Å². The predicted octanol–water partition coefficient (Wildman–Crippen LogP) is 3.05. The van der Waals surface area contributed by atoms with Crippen LogP contribution in [0.25, 0.3) is 0 Å². The Labute approximate surface area is 136 Å². The van der Waals surface area contributed by atoms with E-state index in [-0.39, 0.29) is 5.69 Å². The van der Waals surface area contributed by atoms with E-state index in [1.165, 1.54) is 6.07 Å². The van der Waals surface area contributed by atoms with Crippen molar-refractivity contribution >= 4 is 17.5 Å². The van der Waals surface area contributed by atoms with Gasteiger partial charge in [0.15, 0.2) is 17.5 Å². The second-order valence-electron chi connectivity index (χ2n) is 5.57. The largest absolute Gasteiger partial charge is 0.341 e. The molecule has 0 aliphatic carbocycles. The Balaban J connectivity index is 1.86. The Hall–Kier alpha value is -2.64. The van der Waals surface area contributed by atoms with Gasteiger partial charge >= 0.3 is 0 Å². The molecule has 1 aliphatic rings. The van der Waals surface area contributed by atoms with E-state index in [1.54, 1.807) is 6.92 Å². The molecule has 0 radical (unpaired) electrons. The highest BCUT2D eigenvalue weighted by molar-refractivity contribution is 6.03. The fraction of sp³-hybridized carbons (Fsp3) is 0.312. The van der Waals surface area contributed by atoms with Crippen LogP contribution < -0.4 is 10.2 Å². The molecule has 1 aromatic carbocycles. The van der Waals surface area contributed by atoms with Crippen LogP contribution in [0.4, 0.5) is 24.8 Å². The van der Waals surface area contributed by atoms with Gasteiger partial charge in [0.2, 0.25) is 5.95 Å². The maximum Gasteiger partial charge on any atom is 0.274 e. The number of rotatable bonds is 3. The van der Waals surface area contributed by atoms with Gasteiger partial charge in [-0.05, 0) is 38.0 Å². The van der Waals surface area contributed by atoms with Crippen molar-refractivity contribution in [2.75, 3.05) is 23.3 Å². The molecule has 0 unspecified atom stereocenters. The van der Waals surface area contributed by atoms with Gasteiger partial charge in [0, 0.05) is 18.8 Å². The van der Waals surface area contributed by atoms with Crippen LogP contribution in [0, 0.1) is 24.4 Å². The van der Waals surface area contributed by atoms with E-state index in [4.69, 9.17) is 0 Å². The highest BCUT2D eigenvalue weighted by Gasteiger charge is 2.20. The fourth-order valence-corrected chi connectivity index (χ4v) is 2.54. The molecule has 1 amide bonds. The number of benzene rings is 1. The standard InChI is InChI=1S/C16H15F3N4O/c1-9-8-12(22-16(20-9)23-6-2-3-7-23)15(24)21-11-5-4-10(17)13(18)14(11)19/h4-5,8H,2-3,6-7H2,1H3,(H,21,24). The molecule has 0 spiro atoms. The average molecular weight is 336 g/mol. The monoisotopic (exact) mass is 336 g/mol. The van der Waals surface area contributed by atoms with Crippen LogP contribution in [0.3, 0.4) is 0 Å². The summed E-state index contributed by atoms with van der Waals surface area (Å²) in [5.74, 6) is -4.69. The highest BCUT2D eigenvalue weighted by Crippen LogP contribution is 2.21. The number of aryl methyl sites for hydroxylation is 1. The minimum absolute atomic E-state index is 0.0357. The normalized spacial score (nSPS) is 14.1. The van der Waals surface area contributed by atoms with E-state index in [9.17, 15) is 18.0 Å². The number of anilines is 2. The van der Waals surface area contributed by atoms with Crippen LogP contribution in [0.2, 0.25) is 0 Å². The van der Waals surface area contributed by atoms with Gasteiger partial charge in [0.1, 0.15) is 5.69 Å². The minimum atomic E-state index is -1.63. The van der Waals surface area contributed by atoms with E-state index in [0.717, 1.165) is 38.1 Å². The Morgan fingerprint density at radius 3 is 2.54 bits per heavy atom. The van der Waals surface area contributed by atoms with Gasteiger partial charge in [0.25, 0.3) is 5.91 Å². The molecule has 126 valence electrons. The lowest BCUT2D eigenvalue weighted by atomic mass is 10.2. The maximum absolute atomic E-state index is 13.7. The summed E-state index contributed by atoms with van der Waals surface area (Å²) in [6.45, 7) is 3.33. The first kappa shape index (κ1) is 16.2. The molecule has 1 N–H and O–H groups in total. The topological polar surface area (TPSA) is 58.1 Å². The molecule has 1 saturated heterocycles. The van der Waals surface area contributed by atoms with Crippen molar-refractivity contribution in [2.45, 2.75) is 19.8 Å². The van der Waals surface area contributed by atoms with Crippen molar-refractivity contribution < 1.29 is 18.0 Å². The van der Waals surface area contributed by atoms with Gasteiger partial charge in [-0.3, -0.25) is 4.79 Å². The molecule has 2 heterocycles. The Bertz CT molecular complexity index is 791. The fourth-order valence-electron chi connectivity index (χ4n) is 2.54. The number of halogens is 3. The Kier molecular flexibility index (Phi) is 4.37. The molecule has 0 saturated carbocycles. The van der Waals surface area contributed by atoms with Gasteiger partial charge in [-0.25, -0.2) is 23.1 Å². The van der Waals surface area contributed by atoms with Crippen LogP contribution >= 0.6 is 0 Å². The lowest BCUT2D eigenvalue weighted by molar-refractivity contribution is 0.102. The molecular weight excluding hydrogens is 321 g/mol. The van der Waals surface area contributed by atoms with Crippen LogP contribution in [0.5, 0.6) is 0 Å². The van der Waals surface area contributed by atoms with Gasteiger partial charge in [-0.2, -0.15) is 0 Å². The molecule has 5 nitrogen and oxygen atoms in total. The molecule has 0 atom stereocenters. The summed E-state index contributed by atoms with van der Waals surface area (Å²) in [4.78, 5) is 22.7. The molecule has 2 aromatic rings. The summed E-state index contributed by atoms with van der Waals surface area (Å²) in [5.41, 5.74) is 0.175. The number of amides is 1. The predicted molar refractivity (Wildman–Crippen MR) is 82.5 cm³/mol. The maximum atomic E-state index is 13.7. The van der Waals surface area contributed by atoms with E-state index in [1.807, 2.05) is 4.90 Å². The number of hydrogen-bond donors (Lipinski definition) is 1. The van der Waals surface area contributed by atoms with E-state index in [2.05, 4.69) is 15.3 Å². The first-order valence-corrected chi connectivity index (χ1v) is 7.51. The van der Waals surface area contributed by atoms with E-state index >= 15 is 0 Å². The van der Waals surface area contributed by atoms with E-state index in [0.29, 0.717) is 11.6 Å². The molecule has 1 aliphatic heterocycles. The van der Waals surface area contributed by atoms with Crippen molar-refractivity contribution in [2.24, 2.45) is 0 Å². The van der Waals surface area contributed by atoms with Crippen LogP contribution in [0.15, 0.2) is 18.2 Å². The third-order valence-electron chi connectivity index (χ3n) is 3.75. The van der Waals surface area contributed by atoms with Gasteiger partial charge in [-0.15, -0.1) is 0 Å².